The number of quaternary nitrogens is 1. The van der Waals surface area contributed by atoms with Crippen molar-refractivity contribution in [3.63, 3.8) is 0 Å². The van der Waals surface area contributed by atoms with Crippen molar-refractivity contribution in [2.45, 2.75) is 347 Å². The van der Waals surface area contributed by atoms with Gasteiger partial charge in [-0.1, -0.05) is 307 Å². The van der Waals surface area contributed by atoms with Crippen LogP contribution in [0.15, 0.2) is 36.5 Å². The number of likely N-dealkylation sites (N-methyl/N-ethyl adjacent to an activating group) is 1. The van der Waals surface area contributed by atoms with Crippen molar-refractivity contribution >= 4 is 17.9 Å². The monoisotopic (exact) mass is 1110 g/mol. The molecular weight excluding hydrogens is 983 g/mol. The third kappa shape index (κ3) is 63.0. The van der Waals surface area contributed by atoms with E-state index >= 15 is 0 Å². The van der Waals surface area contributed by atoms with Crippen LogP contribution >= 0.6 is 0 Å². The van der Waals surface area contributed by atoms with Crippen molar-refractivity contribution in [1.29, 1.82) is 0 Å². The van der Waals surface area contributed by atoms with Crippen molar-refractivity contribution in [2.24, 2.45) is 0 Å². The predicted molar refractivity (Wildman–Crippen MR) is 334 cm³/mol. The zero-order valence-electron chi connectivity index (χ0n) is 53.0. The normalized spacial score (nSPS) is 12.9. The van der Waals surface area contributed by atoms with Crippen LogP contribution < -0.4 is 5.11 Å². The van der Waals surface area contributed by atoms with Crippen LogP contribution in [0.5, 0.6) is 0 Å². The smallest absolute Gasteiger partial charge is 0.306 e. The Bertz CT molecular complexity index is 1390. The highest BCUT2D eigenvalue weighted by molar-refractivity contribution is 5.70. The van der Waals surface area contributed by atoms with Gasteiger partial charge >= 0.3 is 11.9 Å². The molecule has 0 aromatic rings. The molecule has 9 nitrogen and oxygen atoms in total. The van der Waals surface area contributed by atoms with Gasteiger partial charge in [-0.25, -0.2) is 0 Å². The van der Waals surface area contributed by atoms with Crippen molar-refractivity contribution in [1.82, 2.24) is 0 Å². The second-order valence-corrected chi connectivity index (χ2v) is 24.5. The first-order valence-electron chi connectivity index (χ1n) is 34.1. The molecule has 464 valence electrons. The van der Waals surface area contributed by atoms with Crippen LogP contribution in [0, 0.1) is 0 Å². The molecule has 0 amide bonds. The van der Waals surface area contributed by atoms with Crippen LogP contribution in [0.2, 0.25) is 0 Å². The highest BCUT2D eigenvalue weighted by atomic mass is 16.7. The van der Waals surface area contributed by atoms with E-state index in [1.54, 1.807) is 0 Å². The SMILES string of the molecule is CCCCCCC/C=C\C/C=C\C/C=C\CCCCCCCCCCCCCCCCCCCCCCCCCCCCC(=O)OC(COC(=O)CCCCCCCCCCCCCCC)COC(OCC[N+](C)(C)C)C(=O)[O-]. The summed E-state index contributed by atoms with van der Waals surface area (Å²) in [6, 6.07) is 0. The maximum atomic E-state index is 12.9. The molecule has 9 heteroatoms. The van der Waals surface area contributed by atoms with E-state index < -0.39 is 24.3 Å². The number of carboxylic acids is 1. The molecule has 0 aliphatic heterocycles. The number of carboxylic acid groups (broad SMARTS) is 1. The molecule has 0 N–H and O–H groups in total. The van der Waals surface area contributed by atoms with Gasteiger partial charge in [0.1, 0.15) is 13.2 Å². The van der Waals surface area contributed by atoms with Gasteiger partial charge in [-0.15, -0.1) is 0 Å². The minimum absolute atomic E-state index is 0.151. The number of unbranched alkanes of at least 4 members (excludes halogenated alkanes) is 43. The molecule has 0 saturated carbocycles. The van der Waals surface area contributed by atoms with E-state index in [0.717, 1.165) is 51.4 Å². The lowest BCUT2D eigenvalue weighted by atomic mass is 10.0. The maximum absolute atomic E-state index is 12.9. The molecule has 0 aromatic heterocycles. The Labute approximate surface area is 490 Å². The third-order valence-corrected chi connectivity index (χ3v) is 15.4. The van der Waals surface area contributed by atoms with Crippen molar-refractivity contribution in [2.75, 3.05) is 47.5 Å². The summed E-state index contributed by atoms with van der Waals surface area (Å²) in [5, 5.41) is 11.8. The van der Waals surface area contributed by atoms with Gasteiger partial charge in [0.05, 0.1) is 40.3 Å². The van der Waals surface area contributed by atoms with Gasteiger partial charge in [-0.2, -0.15) is 0 Å². The van der Waals surface area contributed by atoms with E-state index in [0.29, 0.717) is 17.4 Å². The minimum atomic E-state index is -1.62. The lowest BCUT2D eigenvalue weighted by Gasteiger charge is -2.26. The summed E-state index contributed by atoms with van der Waals surface area (Å²) in [6.45, 7) is 4.78. The fourth-order valence-corrected chi connectivity index (χ4v) is 10.1. The molecule has 0 bridgehead atoms. The van der Waals surface area contributed by atoms with Gasteiger partial charge < -0.3 is 33.3 Å². The average Bonchev–Trinajstić information content (AvgIpc) is 3.42. The van der Waals surface area contributed by atoms with Crippen LogP contribution in [0.4, 0.5) is 0 Å². The number of aliphatic carboxylic acids is 1. The molecular formula is C70H131NO8. The Morgan fingerprint density at radius 2 is 0.684 bits per heavy atom. The molecule has 0 rings (SSSR count). The van der Waals surface area contributed by atoms with Crippen molar-refractivity contribution < 1.29 is 42.9 Å². The van der Waals surface area contributed by atoms with E-state index in [4.69, 9.17) is 18.9 Å². The van der Waals surface area contributed by atoms with E-state index in [1.807, 2.05) is 21.1 Å². The van der Waals surface area contributed by atoms with Gasteiger partial charge in [-0.3, -0.25) is 9.59 Å². The fraction of sp³-hybridized carbons (Fsp3) is 0.871. The minimum Gasteiger partial charge on any atom is -0.545 e. The Kier molecular flexibility index (Phi) is 59.6. The standard InChI is InChI=1S/C70H131NO8/c1-6-8-10-12-14-16-18-20-21-22-23-24-25-26-27-28-29-30-31-32-33-34-35-36-37-38-39-40-41-42-43-44-45-46-47-49-51-53-55-57-59-61-68(73)79-66(65-78-70(69(74)75)76-63-62-71(3,4)5)64-77-67(72)60-58-56-54-52-50-48-19-17-15-13-11-9-7-2/h18,20,22-23,25-26,66,70H,6-17,19,21,24,27-65H2,1-5H3/b20-18-,23-22-,26-25-. The second-order valence-electron chi connectivity index (χ2n) is 24.5. The number of rotatable bonds is 64. The largest absolute Gasteiger partial charge is 0.545 e. The zero-order valence-corrected chi connectivity index (χ0v) is 53.0. The molecule has 0 saturated heterocycles. The lowest BCUT2D eigenvalue weighted by Crippen LogP contribution is -2.44. The van der Waals surface area contributed by atoms with Crippen LogP contribution in [-0.4, -0.2) is 82.3 Å². The molecule has 0 radical (unpaired) electrons. The van der Waals surface area contributed by atoms with E-state index in [9.17, 15) is 19.5 Å². The number of esters is 2. The number of allylic oxidation sites excluding steroid dienone is 6. The summed E-state index contributed by atoms with van der Waals surface area (Å²) in [5.41, 5.74) is 0. The summed E-state index contributed by atoms with van der Waals surface area (Å²) < 4.78 is 22.7. The second kappa shape index (κ2) is 61.6. The molecule has 2 unspecified atom stereocenters. The topological polar surface area (TPSA) is 111 Å². The third-order valence-electron chi connectivity index (χ3n) is 15.4. The quantitative estimate of drug-likeness (QED) is 0.0195. The number of hydrogen-bond acceptors (Lipinski definition) is 8. The Hall–Kier alpha value is -2.49. The van der Waals surface area contributed by atoms with Gasteiger partial charge in [0.2, 0.25) is 0 Å². The van der Waals surface area contributed by atoms with E-state index in [-0.39, 0.29) is 32.2 Å². The molecule has 2 atom stereocenters. The Morgan fingerprint density at radius 1 is 0.380 bits per heavy atom. The zero-order chi connectivity index (χ0) is 57.6. The number of carbonyl (C=O) groups excluding carboxylic acids is 3. The number of hydrogen-bond donors (Lipinski definition) is 0. The van der Waals surface area contributed by atoms with Crippen LogP contribution in [0.1, 0.15) is 335 Å². The molecule has 0 heterocycles. The highest BCUT2D eigenvalue weighted by Crippen LogP contribution is 2.18. The van der Waals surface area contributed by atoms with Crippen LogP contribution in [0.25, 0.3) is 0 Å². The fourth-order valence-electron chi connectivity index (χ4n) is 10.1. The van der Waals surface area contributed by atoms with Crippen LogP contribution in [-0.2, 0) is 33.3 Å². The summed E-state index contributed by atoms with van der Waals surface area (Å²) >= 11 is 0. The summed E-state index contributed by atoms with van der Waals surface area (Å²) in [7, 11) is 5.93. The maximum Gasteiger partial charge on any atom is 0.306 e. The summed E-state index contributed by atoms with van der Waals surface area (Å²) in [4.78, 5) is 37.3. The molecule has 0 aromatic carbocycles. The average molecular weight is 1110 g/mol. The summed E-state index contributed by atoms with van der Waals surface area (Å²) in [5.74, 6) is -2.26. The van der Waals surface area contributed by atoms with Crippen molar-refractivity contribution in [3.8, 4) is 0 Å². The van der Waals surface area contributed by atoms with Gasteiger partial charge in [-0.05, 0) is 51.4 Å². The number of carbonyl (C=O) groups is 3. The first-order valence-corrected chi connectivity index (χ1v) is 34.1. The Balaban J connectivity index is 3.88. The molecule has 0 aliphatic carbocycles. The van der Waals surface area contributed by atoms with Crippen molar-refractivity contribution in [3.05, 3.63) is 36.5 Å². The molecule has 79 heavy (non-hydrogen) atoms. The molecule has 0 aliphatic rings. The molecule has 0 spiro atoms. The lowest BCUT2D eigenvalue weighted by molar-refractivity contribution is -0.870. The van der Waals surface area contributed by atoms with Gasteiger partial charge in [0.25, 0.3) is 0 Å². The number of ether oxygens (including phenoxy) is 4. The van der Waals surface area contributed by atoms with E-state index in [2.05, 4.69) is 50.3 Å². The Morgan fingerprint density at radius 3 is 1.01 bits per heavy atom. The highest BCUT2D eigenvalue weighted by Gasteiger charge is 2.22. The molecule has 0 fully saturated rings. The first kappa shape index (κ1) is 76.5. The number of nitrogens with zero attached hydrogens (tertiary/aromatic N) is 1. The van der Waals surface area contributed by atoms with Crippen LogP contribution in [0.3, 0.4) is 0 Å². The van der Waals surface area contributed by atoms with Gasteiger partial charge in [0.15, 0.2) is 12.4 Å². The predicted octanol–water partition coefficient (Wildman–Crippen LogP) is 19.5. The first-order chi connectivity index (χ1) is 38.6. The van der Waals surface area contributed by atoms with E-state index in [1.165, 1.54) is 257 Å². The summed E-state index contributed by atoms with van der Waals surface area (Å²) in [6.07, 6.45) is 73.9. The van der Waals surface area contributed by atoms with Gasteiger partial charge in [0, 0.05) is 12.8 Å².